The number of benzene rings is 1. The zero-order valence-electron chi connectivity index (χ0n) is 12.8. The maximum Gasteiger partial charge on any atom is 0.221 e. The quantitative estimate of drug-likeness (QED) is 0.829. The van der Waals surface area contributed by atoms with Crippen LogP contribution in [0.1, 0.15) is 25.1 Å². The number of imidazole rings is 1. The Balaban J connectivity index is 2.34. The molecule has 22 heavy (non-hydrogen) atoms. The lowest BCUT2D eigenvalue weighted by Crippen LogP contribution is -2.01. The molecule has 0 radical (unpaired) electrons. The van der Waals surface area contributed by atoms with E-state index in [4.69, 9.17) is 26.8 Å². The third kappa shape index (κ3) is 3.71. The summed E-state index contributed by atoms with van der Waals surface area (Å²) in [4.78, 5) is 4.08. The summed E-state index contributed by atoms with van der Waals surface area (Å²) in [7, 11) is 0. The van der Waals surface area contributed by atoms with Gasteiger partial charge in [0.25, 0.3) is 0 Å². The SMILES string of the molecule is CCOc1cc(Cl)c(C=Nn2cc(C)nc2N)cc1OCC. The first-order chi connectivity index (χ1) is 10.5. The summed E-state index contributed by atoms with van der Waals surface area (Å²) in [6, 6.07) is 3.51. The van der Waals surface area contributed by atoms with Crippen molar-refractivity contribution in [3.8, 4) is 11.5 Å². The van der Waals surface area contributed by atoms with Crippen molar-refractivity contribution < 1.29 is 9.47 Å². The van der Waals surface area contributed by atoms with Crippen LogP contribution in [0.25, 0.3) is 0 Å². The Morgan fingerprint density at radius 2 is 1.91 bits per heavy atom. The van der Waals surface area contributed by atoms with Crippen molar-refractivity contribution in [3.63, 3.8) is 0 Å². The van der Waals surface area contributed by atoms with Gasteiger partial charge in [-0.2, -0.15) is 5.10 Å². The van der Waals surface area contributed by atoms with Crippen molar-refractivity contribution in [1.29, 1.82) is 0 Å². The number of halogens is 1. The molecule has 2 aromatic rings. The Kier molecular flexibility index (Phi) is 5.27. The van der Waals surface area contributed by atoms with Crippen molar-refractivity contribution >= 4 is 23.8 Å². The Morgan fingerprint density at radius 3 is 2.45 bits per heavy atom. The van der Waals surface area contributed by atoms with Crippen LogP contribution in [-0.2, 0) is 0 Å². The fourth-order valence-corrected chi connectivity index (χ4v) is 2.11. The molecular weight excluding hydrogens is 304 g/mol. The summed E-state index contributed by atoms with van der Waals surface area (Å²) < 4.78 is 12.6. The third-order valence-corrected chi connectivity index (χ3v) is 3.15. The molecule has 0 amide bonds. The van der Waals surface area contributed by atoms with Crippen molar-refractivity contribution in [2.75, 3.05) is 18.9 Å². The van der Waals surface area contributed by atoms with Gasteiger partial charge in [0.05, 0.1) is 36.3 Å². The van der Waals surface area contributed by atoms with Gasteiger partial charge in [0.15, 0.2) is 11.5 Å². The lowest BCUT2D eigenvalue weighted by Gasteiger charge is -2.12. The topological polar surface area (TPSA) is 74.7 Å². The molecule has 0 unspecified atom stereocenters. The minimum absolute atomic E-state index is 0.320. The Labute approximate surface area is 134 Å². The maximum atomic E-state index is 6.27. The summed E-state index contributed by atoms with van der Waals surface area (Å²) in [5.74, 6) is 1.57. The van der Waals surface area contributed by atoms with Crippen LogP contribution in [0.3, 0.4) is 0 Å². The number of hydrogen-bond acceptors (Lipinski definition) is 5. The molecule has 2 N–H and O–H groups in total. The van der Waals surface area contributed by atoms with Gasteiger partial charge in [0.1, 0.15) is 0 Å². The van der Waals surface area contributed by atoms with Gasteiger partial charge in [-0.05, 0) is 26.8 Å². The molecule has 118 valence electrons. The number of nitrogen functional groups attached to an aromatic ring is 1. The first-order valence-corrected chi connectivity index (χ1v) is 7.37. The summed E-state index contributed by atoms with van der Waals surface area (Å²) >= 11 is 6.27. The van der Waals surface area contributed by atoms with E-state index in [9.17, 15) is 0 Å². The Morgan fingerprint density at radius 1 is 1.27 bits per heavy atom. The average Bonchev–Trinajstić information content (AvgIpc) is 2.79. The van der Waals surface area contributed by atoms with Gasteiger partial charge in [-0.25, -0.2) is 9.66 Å². The van der Waals surface area contributed by atoms with Crippen molar-refractivity contribution in [3.05, 3.63) is 34.6 Å². The smallest absolute Gasteiger partial charge is 0.221 e. The van der Waals surface area contributed by atoms with Crippen LogP contribution in [-0.4, -0.2) is 29.1 Å². The third-order valence-electron chi connectivity index (χ3n) is 2.82. The molecule has 1 aromatic carbocycles. The highest BCUT2D eigenvalue weighted by molar-refractivity contribution is 6.33. The van der Waals surface area contributed by atoms with Crippen LogP contribution in [0.2, 0.25) is 5.02 Å². The molecule has 0 fully saturated rings. The predicted octanol–water partition coefficient (Wildman–Crippen LogP) is 3.11. The van der Waals surface area contributed by atoms with Crippen LogP contribution in [0, 0.1) is 6.92 Å². The number of aromatic nitrogens is 2. The van der Waals surface area contributed by atoms with E-state index in [2.05, 4.69) is 10.1 Å². The first kappa shape index (κ1) is 16.2. The largest absolute Gasteiger partial charge is 0.490 e. The van der Waals surface area contributed by atoms with E-state index in [1.165, 1.54) is 4.68 Å². The molecule has 0 saturated carbocycles. The second-order valence-electron chi connectivity index (χ2n) is 4.52. The van der Waals surface area contributed by atoms with E-state index in [1.807, 2.05) is 20.8 Å². The first-order valence-electron chi connectivity index (χ1n) is 7.00. The molecule has 0 aliphatic carbocycles. The van der Waals surface area contributed by atoms with Gasteiger partial charge in [0.2, 0.25) is 5.95 Å². The average molecular weight is 323 g/mol. The van der Waals surface area contributed by atoms with E-state index in [0.717, 1.165) is 5.69 Å². The standard InChI is InChI=1S/C15H19ClN4O2/c1-4-21-13-6-11(12(16)7-14(13)22-5-2)8-18-20-9-10(3)19-15(20)17/h6-9H,4-5H2,1-3H3,(H2,17,19). The van der Waals surface area contributed by atoms with E-state index >= 15 is 0 Å². The molecule has 0 aliphatic rings. The minimum atomic E-state index is 0.320. The van der Waals surface area contributed by atoms with Crippen molar-refractivity contribution in [1.82, 2.24) is 9.66 Å². The molecule has 0 aliphatic heterocycles. The van der Waals surface area contributed by atoms with Crippen LogP contribution in [0.4, 0.5) is 5.95 Å². The van der Waals surface area contributed by atoms with Crippen LogP contribution in [0.15, 0.2) is 23.4 Å². The van der Waals surface area contributed by atoms with E-state index < -0.39 is 0 Å². The zero-order valence-corrected chi connectivity index (χ0v) is 13.6. The minimum Gasteiger partial charge on any atom is -0.490 e. The molecule has 2 rings (SSSR count). The van der Waals surface area contributed by atoms with Crippen LogP contribution >= 0.6 is 11.6 Å². The predicted molar refractivity (Wildman–Crippen MR) is 88.2 cm³/mol. The number of anilines is 1. The van der Waals surface area contributed by atoms with Crippen LogP contribution < -0.4 is 15.2 Å². The van der Waals surface area contributed by atoms with E-state index in [1.54, 1.807) is 24.5 Å². The molecule has 0 bridgehead atoms. The molecular formula is C15H19ClN4O2. The lowest BCUT2D eigenvalue weighted by atomic mass is 10.2. The number of aryl methyl sites for hydroxylation is 1. The van der Waals surface area contributed by atoms with Gasteiger partial charge in [-0.15, -0.1) is 0 Å². The number of ether oxygens (including phenoxy) is 2. The lowest BCUT2D eigenvalue weighted by molar-refractivity contribution is 0.288. The summed E-state index contributed by atoms with van der Waals surface area (Å²) in [6.45, 7) is 6.73. The Hall–Kier alpha value is -2.21. The van der Waals surface area contributed by atoms with Crippen LogP contribution in [0.5, 0.6) is 11.5 Å². The number of nitrogens with zero attached hydrogens (tertiary/aromatic N) is 3. The molecule has 1 aromatic heterocycles. The van der Waals surface area contributed by atoms with Crippen molar-refractivity contribution in [2.24, 2.45) is 5.10 Å². The summed E-state index contributed by atoms with van der Waals surface area (Å²) in [5, 5.41) is 4.78. The van der Waals surface area contributed by atoms with Gasteiger partial charge in [-0.1, -0.05) is 11.6 Å². The summed E-state index contributed by atoms with van der Waals surface area (Å²) in [6.07, 6.45) is 3.34. The highest BCUT2D eigenvalue weighted by atomic mass is 35.5. The highest BCUT2D eigenvalue weighted by Crippen LogP contribution is 2.33. The molecule has 0 atom stereocenters. The molecule has 0 spiro atoms. The van der Waals surface area contributed by atoms with E-state index in [0.29, 0.717) is 41.2 Å². The second kappa shape index (κ2) is 7.17. The summed E-state index contributed by atoms with van der Waals surface area (Å²) in [5.41, 5.74) is 7.25. The number of rotatable bonds is 6. The monoisotopic (exact) mass is 322 g/mol. The van der Waals surface area contributed by atoms with E-state index in [-0.39, 0.29) is 0 Å². The highest BCUT2D eigenvalue weighted by Gasteiger charge is 2.10. The van der Waals surface area contributed by atoms with Gasteiger partial charge in [0, 0.05) is 11.6 Å². The zero-order chi connectivity index (χ0) is 16.1. The maximum absolute atomic E-state index is 6.27. The fourth-order valence-electron chi connectivity index (χ4n) is 1.91. The molecule has 7 heteroatoms. The Bertz CT molecular complexity index is 682. The van der Waals surface area contributed by atoms with Gasteiger partial charge < -0.3 is 15.2 Å². The molecule has 0 saturated heterocycles. The molecule has 6 nitrogen and oxygen atoms in total. The fraction of sp³-hybridized carbons (Fsp3) is 0.333. The number of hydrogen-bond donors (Lipinski definition) is 1. The normalized spacial score (nSPS) is 11.1. The second-order valence-corrected chi connectivity index (χ2v) is 4.92. The van der Waals surface area contributed by atoms with Gasteiger partial charge >= 0.3 is 0 Å². The van der Waals surface area contributed by atoms with Gasteiger partial charge in [-0.3, -0.25) is 0 Å². The molecule has 1 heterocycles. The van der Waals surface area contributed by atoms with Crippen molar-refractivity contribution in [2.45, 2.75) is 20.8 Å². The number of nitrogens with two attached hydrogens (primary N) is 1.